The number of nitrogens with two attached hydrogens (primary N) is 2. The molecule has 1 aromatic carbocycles. The lowest BCUT2D eigenvalue weighted by Gasteiger charge is -2.38. The van der Waals surface area contributed by atoms with Crippen LogP contribution in [0.3, 0.4) is 0 Å². The Hall–Kier alpha value is -2.57. The maximum atomic E-state index is 12.0. The molecule has 1 fully saturated rings. The Morgan fingerprint density at radius 1 is 1.18 bits per heavy atom. The maximum Gasteiger partial charge on any atom is 0.310 e. The van der Waals surface area contributed by atoms with E-state index in [4.69, 9.17) is 16.2 Å². The second kappa shape index (κ2) is 8.63. The fourth-order valence-electron chi connectivity index (χ4n) is 3.72. The van der Waals surface area contributed by atoms with E-state index in [0.717, 1.165) is 11.1 Å². The second-order valence-corrected chi connectivity index (χ2v) is 8.59. The SMILES string of the molecule is CC(C)(C)OC(=O)Cc1ccc(C2(CN=C(N)N)CCC(C(=O)O)CC2)cc1. The summed E-state index contributed by atoms with van der Waals surface area (Å²) in [5.41, 5.74) is 12.2. The fourth-order valence-corrected chi connectivity index (χ4v) is 3.72. The van der Waals surface area contributed by atoms with E-state index in [1.165, 1.54) is 0 Å². The molecule has 7 nitrogen and oxygen atoms in total. The molecule has 1 aliphatic carbocycles. The van der Waals surface area contributed by atoms with Crippen molar-refractivity contribution in [2.45, 2.75) is 63.9 Å². The van der Waals surface area contributed by atoms with Gasteiger partial charge < -0.3 is 21.3 Å². The molecule has 1 aromatic rings. The average molecular weight is 389 g/mol. The molecule has 28 heavy (non-hydrogen) atoms. The normalized spacial score (nSPS) is 22.3. The van der Waals surface area contributed by atoms with Gasteiger partial charge in [-0.25, -0.2) is 0 Å². The van der Waals surface area contributed by atoms with E-state index in [1.807, 2.05) is 45.0 Å². The van der Waals surface area contributed by atoms with Crippen molar-refractivity contribution < 1.29 is 19.4 Å². The third-order valence-electron chi connectivity index (χ3n) is 5.19. The van der Waals surface area contributed by atoms with Gasteiger partial charge in [0, 0.05) is 5.41 Å². The van der Waals surface area contributed by atoms with E-state index < -0.39 is 11.6 Å². The van der Waals surface area contributed by atoms with Crippen molar-refractivity contribution in [1.29, 1.82) is 0 Å². The van der Waals surface area contributed by atoms with E-state index in [0.29, 0.717) is 32.2 Å². The Bertz CT molecular complexity index is 723. The quantitative estimate of drug-likeness (QED) is 0.389. The van der Waals surface area contributed by atoms with Gasteiger partial charge in [0.15, 0.2) is 5.96 Å². The standard InChI is InChI=1S/C21H31N3O4/c1-20(2,3)28-17(25)12-14-4-6-16(7-5-14)21(13-24-19(22)23)10-8-15(9-11-21)18(26)27/h4-7,15H,8-13H2,1-3H3,(H,26,27)(H4,22,23,24). The van der Waals surface area contributed by atoms with Crippen LogP contribution in [0.15, 0.2) is 29.3 Å². The summed E-state index contributed by atoms with van der Waals surface area (Å²) in [6.45, 7) is 5.95. The maximum absolute atomic E-state index is 12.0. The summed E-state index contributed by atoms with van der Waals surface area (Å²) in [7, 11) is 0. The number of carbonyl (C=O) groups is 2. The number of guanidine groups is 1. The van der Waals surface area contributed by atoms with Crippen LogP contribution in [-0.2, 0) is 26.2 Å². The van der Waals surface area contributed by atoms with E-state index in [-0.39, 0.29) is 29.7 Å². The van der Waals surface area contributed by atoms with Crippen LogP contribution in [0.5, 0.6) is 0 Å². The first kappa shape index (κ1) is 21.7. The summed E-state index contributed by atoms with van der Waals surface area (Å²) < 4.78 is 5.37. The van der Waals surface area contributed by atoms with Crippen molar-refractivity contribution in [1.82, 2.24) is 0 Å². The molecular weight excluding hydrogens is 358 g/mol. The van der Waals surface area contributed by atoms with E-state index in [9.17, 15) is 14.7 Å². The van der Waals surface area contributed by atoms with Gasteiger partial charge in [-0.1, -0.05) is 24.3 Å². The van der Waals surface area contributed by atoms with Gasteiger partial charge in [0.1, 0.15) is 5.60 Å². The molecule has 7 heteroatoms. The topological polar surface area (TPSA) is 128 Å². The number of benzene rings is 1. The van der Waals surface area contributed by atoms with Crippen molar-refractivity contribution >= 4 is 17.9 Å². The molecule has 5 N–H and O–H groups in total. The third kappa shape index (κ3) is 5.97. The van der Waals surface area contributed by atoms with Crippen LogP contribution in [-0.4, -0.2) is 35.2 Å². The molecule has 2 rings (SSSR count). The molecule has 0 aromatic heterocycles. The van der Waals surface area contributed by atoms with E-state index in [1.54, 1.807) is 0 Å². The second-order valence-electron chi connectivity index (χ2n) is 8.59. The largest absolute Gasteiger partial charge is 0.481 e. The number of hydrogen-bond donors (Lipinski definition) is 3. The zero-order valence-corrected chi connectivity index (χ0v) is 16.9. The van der Waals surface area contributed by atoms with Crippen LogP contribution in [0.2, 0.25) is 0 Å². The minimum absolute atomic E-state index is 0.0290. The molecule has 0 bridgehead atoms. The van der Waals surface area contributed by atoms with Crippen molar-refractivity contribution in [2.24, 2.45) is 22.4 Å². The lowest BCUT2D eigenvalue weighted by atomic mass is 9.66. The average Bonchev–Trinajstić information content (AvgIpc) is 2.59. The molecule has 0 heterocycles. The minimum atomic E-state index is -0.747. The van der Waals surface area contributed by atoms with Crippen LogP contribution in [0.25, 0.3) is 0 Å². The van der Waals surface area contributed by atoms with Crippen LogP contribution in [0.1, 0.15) is 57.6 Å². The van der Waals surface area contributed by atoms with Gasteiger partial charge >= 0.3 is 11.9 Å². The Labute approximate surface area is 166 Å². The van der Waals surface area contributed by atoms with Crippen LogP contribution in [0, 0.1) is 5.92 Å². The number of nitrogens with zero attached hydrogens (tertiary/aromatic N) is 1. The highest BCUT2D eigenvalue weighted by Gasteiger charge is 2.38. The smallest absolute Gasteiger partial charge is 0.310 e. The highest BCUT2D eigenvalue weighted by Crippen LogP contribution is 2.42. The van der Waals surface area contributed by atoms with Crippen LogP contribution >= 0.6 is 0 Å². The molecule has 0 atom stereocenters. The van der Waals surface area contributed by atoms with Crippen molar-refractivity contribution in [2.75, 3.05) is 6.54 Å². The Morgan fingerprint density at radius 2 is 1.75 bits per heavy atom. The summed E-state index contributed by atoms with van der Waals surface area (Å²) in [4.78, 5) is 27.6. The van der Waals surface area contributed by atoms with Gasteiger partial charge in [-0.3, -0.25) is 14.6 Å². The Balaban J connectivity index is 2.17. The minimum Gasteiger partial charge on any atom is -0.481 e. The number of carbonyl (C=O) groups excluding carboxylic acids is 1. The van der Waals surface area contributed by atoms with E-state index in [2.05, 4.69) is 4.99 Å². The summed E-state index contributed by atoms with van der Waals surface area (Å²) in [5.74, 6) is -1.30. The summed E-state index contributed by atoms with van der Waals surface area (Å²) >= 11 is 0. The lowest BCUT2D eigenvalue weighted by molar-refractivity contribution is -0.154. The highest BCUT2D eigenvalue weighted by atomic mass is 16.6. The van der Waals surface area contributed by atoms with Gasteiger partial charge in [-0.15, -0.1) is 0 Å². The van der Waals surface area contributed by atoms with Crippen molar-refractivity contribution in [3.8, 4) is 0 Å². The molecule has 0 amide bonds. The summed E-state index contributed by atoms with van der Waals surface area (Å²) in [5, 5.41) is 9.29. The first-order valence-corrected chi connectivity index (χ1v) is 9.60. The number of esters is 1. The van der Waals surface area contributed by atoms with Gasteiger partial charge in [0.05, 0.1) is 18.9 Å². The molecule has 0 aliphatic heterocycles. The Kier molecular flexibility index (Phi) is 6.69. The number of carboxylic acids is 1. The monoisotopic (exact) mass is 389 g/mol. The van der Waals surface area contributed by atoms with Gasteiger partial charge in [-0.2, -0.15) is 0 Å². The Morgan fingerprint density at radius 3 is 2.21 bits per heavy atom. The van der Waals surface area contributed by atoms with Gasteiger partial charge in [0.25, 0.3) is 0 Å². The number of ether oxygens (including phenoxy) is 1. The molecule has 1 saturated carbocycles. The summed E-state index contributed by atoms with van der Waals surface area (Å²) in [6.07, 6.45) is 2.79. The first-order valence-electron chi connectivity index (χ1n) is 9.60. The molecule has 0 radical (unpaired) electrons. The molecule has 154 valence electrons. The lowest BCUT2D eigenvalue weighted by Crippen LogP contribution is -2.38. The third-order valence-corrected chi connectivity index (χ3v) is 5.19. The molecule has 0 spiro atoms. The van der Waals surface area contributed by atoms with Crippen molar-refractivity contribution in [3.63, 3.8) is 0 Å². The predicted octanol–water partition coefficient (Wildman–Crippen LogP) is 2.36. The highest BCUT2D eigenvalue weighted by molar-refractivity contribution is 5.76. The predicted molar refractivity (Wildman–Crippen MR) is 108 cm³/mol. The number of carboxylic acid groups (broad SMARTS) is 1. The van der Waals surface area contributed by atoms with Gasteiger partial charge in [-0.05, 0) is 57.6 Å². The van der Waals surface area contributed by atoms with Crippen molar-refractivity contribution in [3.05, 3.63) is 35.4 Å². The summed E-state index contributed by atoms with van der Waals surface area (Å²) in [6, 6.07) is 7.81. The number of hydrogen-bond acceptors (Lipinski definition) is 4. The van der Waals surface area contributed by atoms with Crippen LogP contribution in [0.4, 0.5) is 0 Å². The zero-order valence-electron chi connectivity index (χ0n) is 16.9. The first-order chi connectivity index (χ1) is 13.0. The molecule has 0 unspecified atom stereocenters. The number of rotatable bonds is 6. The van der Waals surface area contributed by atoms with E-state index >= 15 is 0 Å². The zero-order chi connectivity index (χ0) is 20.9. The number of aliphatic imine (C=N–C) groups is 1. The molecular formula is C21H31N3O4. The van der Waals surface area contributed by atoms with Crippen LogP contribution < -0.4 is 11.5 Å². The molecule has 0 saturated heterocycles. The van der Waals surface area contributed by atoms with Gasteiger partial charge in [0.2, 0.25) is 0 Å². The molecule has 1 aliphatic rings. The fraction of sp³-hybridized carbons (Fsp3) is 0.571. The number of aliphatic carboxylic acids is 1.